The van der Waals surface area contributed by atoms with Gasteiger partial charge in [0.2, 0.25) is 10.8 Å². The summed E-state index contributed by atoms with van der Waals surface area (Å²) in [5.41, 5.74) is 1.10. The highest BCUT2D eigenvalue weighted by atomic mass is 35.5. The first kappa shape index (κ1) is 16.8. The zero-order chi connectivity index (χ0) is 17.6. The van der Waals surface area contributed by atoms with Gasteiger partial charge in [0.05, 0.1) is 10.9 Å². The number of likely N-dealkylation sites (tertiary alicyclic amines) is 1. The topological polar surface area (TPSA) is 53.7 Å². The second-order valence-electron chi connectivity index (χ2n) is 6.84. The van der Waals surface area contributed by atoms with Crippen LogP contribution in [0.4, 0.5) is 0 Å². The molecule has 0 unspecified atom stereocenters. The van der Waals surface area contributed by atoms with Crippen LogP contribution in [0.3, 0.4) is 0 Å². The summed E-state index contributed by atoms with van der Waals surface area (Å²) in [4.78, 5) is 8.46. The number of rotatable bonds is 3. The van der Waals surface area contributed by atoms with Gasteiger partial charge in [-0.3, -0.25) is 4.90 Å². The molecule has 1 aliphatic heterocycles. The lowest BCUT2D eigenvalue weighted by Gasteiger charge is -2.37. The van der Waals surface area contributed by atoms with E-state index in [1.54, 1.807) is 4.52 Å². The molecule has 3 aromatic rings. The van der Waals surface area contributed by atoms with Gasteiger partial charge in [0, 0.05) is 11.6 Å². The number of hydrogen-bond acceptors (Lipinski definition) is 5. The number of nitrogens with zero attached hydrogens (tertiary/aromatic N) is 4. The van der Waals surface area contributed by atoms with Crippen molar-refractivity contribution < 1.29 is 5.11 Å². The van der Waals surface area contributed by atoms with Crippen LogP contribution in [0.25, 0.3) is 4.96 Å². The van der Waals surface area contributed by atoms with Gasteiger partial charge in [-0.2, -0.15) is 4.52 Å². The Bertz CT molecular complexity index is 906. The molecule has 1 fully saturated rings. The highest BCUT2D eigenvalue weighted by molar-refractivity contribution is 7.17. The number of halogens is 1. The number of benzene rings is 1. The van der Waals surface area contributed by atoms with Crippen molar-refractivity contribution in [1.82, 2.24) is 19.5 Å². The molecule has 3 heterocycles. The van der Waals surface area contributed by atoms with Gasteiger partial charge < -0.3 is 5.11 Å². The van der Waals surface area contributed by atoms with Crippen LogP contribution in [0.5, 0.6) is 5.88 Å². The fourth-order valence-electron chi connectivity index (χ4n) is 3.69. The van der Waals surface area contributed by atoms with E-state index in [-0.39, 0.29) is 11.9 Å². The molecule has 4 rings (SSSR count). The Morgan fingerprint density at radius 3 is 2.96 bits per heavy atom. The fourth-order valence-corrected chi connectivity index (χ4v) is 5.05. The lowest BCUT2D eigenvalue weighted by molar-refractivity contribution is 0.149. The Hall–Kier alpha value is -1.63. The maximum Gasteiger partial charge on any atom is 0.230 e. The van der Waals surface area contributed by atoms with Crippen LogP contribution in [0, 0.1) is 12.8 Å². The third kappa shape index (κ3) is 3.14. The summed E-state index contributed by atoms with van der Waals surface area (Å²) in [7, 11) is 0. The first-order chi connectivity index (χ1) is 12.0. The SMILES string of the molecule is Cc1nc2sc([C@@H](c3cccc(Cl)c3)N3CCC[C@@H](C)C3)c(O)n2n1. The molecule has 0 amide bonds. The molecule has 1 N–H and O–H groups in total. The van der Waals surface area contributed by atoms with E-state index >= 15 is 0 Å². The van der Waals surface area contributed by atoms with E-state index in [9.17, 15) is 5.11 Å². The van der Waals surface area contributed by atoms with Crippen LogP contribution in [-0.4, -0.2) is 37.7 Å². The second-order valence-corrected chi connectivity index (χ2v) is 8.29. The smallest absolute Gasteiger partial charge is 0.230 e. The molecule has 2 atom stereocenters. The Balaban J connectivity index is 1.83. The van der Waals surface area contributed by atoms with Gasteiger partial charge in [-0.25, -0.2) is 4.98 Å². The van der Waals surface area contributed by atoms with Gasteiger partial charge >= 0.3 is 0 Å². The number of hydrogen-bond donors (Lipinski definition) is 1. The van der Waals surface area contributed by atoms with Crippen LogP contribution in [0.2, 0.25) is 5.02 Å². The van der Waals surface area contributed by atoms with Crippen molar-refractivity contribution in [2.45, 2.75) is 32.7 Å². The number of aromatic nitrogens is 3. The average molecular weight is 377 g/mol. The Kier molecular flexibility index (Phi) is 4.43. The molecule has 0 aliphatic carbocycles. The molecular weight excluding hydrogens is 356 g/mol. The minimum atomic E-state index is -0.0322. The van der Waals surface area contributed by atoms with Crippen molar-refractivity contribution in [1.29, 1.82) is 0 Å². The molecule has 5 nitrogen and oxygen atoms in total. The quantitative estimate of drug-likeness (QED) is 0.741. The maximum atomic E-state index is 10.8. The highest BCUT2D eigenvalue weighted by Crippen LogP contribution is 2.41. The molecule has 0 saturated carbocycles. The van der Waals surface area contributed by atoms with E-state index in [0.717, 1.165) is 28.5 Å². The summed E-state index contributed by atoms with van der Waals surface area (Å²) in [6.45, 7) is 6.13. The lowest BCUT2D eigenvalue weighted by atomic mass is 9.95. The molecule has 0 spiro atoms. The van der Waals surface area contributed by atoms with E-state index in [1.807, 2.05) is 25.1 Å². The third-order valence-corrected chi connectivity index (χ3v) is 6.08. The van der Waals surface area contributed by atoms with Crippen LogP contribution >= 0.6 is 22.9 Å². The summed E-state index contributed by atoms with van der Waals surface area (Å²) in [6, 6.07) is 7.89. The van der Waals surface area contributed by atoms with Crippen molar-refractivity contribution in [2.24, 2.45) is 5.92 Å². The third-order valence-electron chi connectivity index (χ3n) is 4.77. The van der Waals surface area contributed by atoms with Crippen molar-refractivity contribution in [3.05, 3.63) is 45.6 Å². The van der Waals surface area contributed by atoms with E-state index in [4.69, 9.17) is 11.6 Å². The largest absolute Gasteiger partial charge is 0.492 e. The van der Waals surface area contributed by atoms with Gasteiger partial charge in [0.15, 0.2) is 0 Å². The number of fused-ring (bicyclic) bond motifs is 1. The van der Waals surface area contributed by atoms with E-state index in [2.05, 4.69) is 28.0 Å². The Morgan fingerprint density at radius 1 is 1.40 bits per heavy atom. The zero-order valence-electron chi connectivity index (χ0n) is 14.3. The molecule has 132 valence electrons. The predicted octanol–water partition coefficient (Wildman–Crippen LogP) is 4.28. The summed E-state index contributed by atoms with van der Waals surface area (Å²) in [5.74, 6) is 1.49. The molecule has 25 heavy (non-hydrogen) atoms. The fraction of sp³-hybridized carbons (Fsp3) is 0.444. The summed E-state index contributed by atoms with van der Waals surface area (Å²) >= 11 is 7.76. The molecule has 0 radical (unpaired) electrons. The van der Waals surface area contributed by atoms with Crippen molar-refractivity contribution in [3.8, 4) is 5.88 Å². The van der Waals surface area contributed by atoms with E-state index in [0.29, 0.717) is 16.8 Å². The number of piperidine rings is 1. The minimum absolute atomic E-state index is 0.0322. The van der Waals surface area contributed by atoms with E-state index < -0.39 is 0 Å². The normalized spacial score (nSPS) is 20.2. The monoisotopic (exact) mass is 376 g/mol. The summed E-state index contributed by atoms with van der Waals surface area (Å²) < 4.78 is 1.54. The first-order valence-corrected chi connectivity index (χ1v) is 9.77. The van der Waals surface area contributed by atoms with Gasteiger partial charge in [-0.15, -0.1) is 5.10 Å². The van der Waals surface area contributed by atoms with Crippen LogP contribution in [0.15, 0.2) is 24.3 Å². The lowest BCUT2D eigenvalue weighted by Crippen LogP contribution is -2.37. The van der Waals surface area contributed by atoms with Gasteiger partial charge in [-0.1, -0.05) is 42.0 Å². The maximum absolute atomic E-state index is 10.8. The molecule has 7 heteroatoms. The number of aryl methyl sites for hydroxylation is 1. The highest BCUT2D eigenvalue weighted by Gasteiger charge is 2.31. The zero-order valence-corrected chi connectivity index (χ0v) is 15.9. The van der Waals surface area contributed by atoms with Crippen LogP contribution in [0.1, 0.15) is 42.1 Å². The molecule has 1 aliphatic rings. The van der Waals surface area contributed by atoms with Crippen LogP contribution < -0.4 is 0 Å². The van der Waals surface area contributed by atoms with Crippen LogP contribution in [-0.2, 0) is 0 Å². The van der Waals surface area contributed by atoms with E-state index in [1.165, 1.54) is 24.2 Å². The first-order valence-electron chi connectivity index (χ1n) is 8.57. The van der Waals surface area contributed by atoms with Gasteiger partial charge in [-0.05, 0) is 49.9 Å². The predicted molar refractivity (Wildman–Crippen MR) is 101 cm³/mol. The van der Waals surface area contributed by atoms with Crippen molar-refractivity contribution in [2.75, 3.05) is 13.1 Å². The molecule has 0 bridgehead atoms. The minimum Gasteiger partial charge on any atom is -0.492 e. The Morgan fingerprint density at radius 2 is 2.24 bits per heavy atom. The number of aromatic hydroxyl groups is 1. The molecular formula is C18H21ClN4OS. The van der Waals surface area contributed by atoms with Gasteiger partial charge in [0.25, 0.3) is 0 Å². The number of thiazole rings is 1. The van der Waals surface area contributed by atoms with Crippen molar-refractivity contribution >= 4 is 27.9 Å². The van der Waals surface area contributed by atoms with Gasteiger partial charge in [0.1, 0.15) is 5.82 Å². The standard InChI is InChI=1S/C18H21ClN4OS/c1-11-5-4-8-22(10-11)15(13-6-3-7-14(19)9-13)16-17(24)23-18(25-16)20-12(2)21-23/h3,6-7,9,11,15,24H,4-5,8,10H2,1-2H3/t11-,15-/m1/s1. The second kappa shape index (κ2) is 6.59. The summed E-state index contributed by atoms with van der Waals surface area (Å²) in [5, 5.41) is 15.8. The molecule has 1 aromatic carbocycles. The molecule has 2 aromatic heterocycles. The molecule has 1 saturated heterocycles. The summed E-state index contributed by atoms with van der Waals surface area (Å²) in [6.07, 6.45) is 2.41. The average Bonchev–Trinajstić information content (AvgIpc) is 3.06. The Labute approximate surface area is 155 Å². The van der Waals surface area contributed by atoms with Crippen molar-refractivity contribution in [3.63, 3.8) is 0 Å².